The third-order valence-corrected chi connectivity index (χ3v) is 5.95. The topological polar surface area (TPSA) is 50.2 Å². The highest BCUT2D eigenvalue weighted by Crippen LogP contribution is 2.50. The number of hydrogen-bond donors (Lipinski definition) is 1. The molecule has 2 amide bonds. The van der Waals surface area contributed by atoms with Crippen LogP contribution in [0, 0.1) is 5.82 Å². The van der Waals surface area contributed by atoms with Crippen LogP contribution < -0.4 is 5.32 Å². The second kappa shape index (κ2) is 6.58. The first-order chi connectivity index (χ1) is 12.5. The second-order valence-corrected chi connectivity index (χ2v) is 7.80. The van der Waals surface area contributed by atoms with Gasteiger partial charge in [0.25, 0.3) is 0 Å². The van der Waals surface area contributed by atoms with E-state index in [2.05, 4.69) is 10.3 Å². The number of benzene rings is 1. The number of aryl methyl sites for hydroxylation is 1. The predicted octanol–water partition coefficient (Wildman–Crippen LogP) is 3.44. The fourth-order valence-electron chi connectivity index (χ4n) is 3.89. The van der Waals surface area contributed by atoms with E-state index in [4.69, 9.17) is 11.6 Å². The summed E-state index contributed by atoms with van der Waals surface area (Å²) in [4.78, 5) is 18.8. The van der Waals surface area contributed by atoms with Gasteiger partial charge in [-0.05, 0) is 37.0 Å². The van der Waals surface area contributed by atoms with Crippen molar-refractivity contribution in [2.75, 3.05) is 19.6 Å². The molecule has 1 aliphatic heterocycles. The Balaban J connectivity index is 1.36. The van der Waals surface area contributed by atoms with Crippen LogP contribution in [0.3, 0.4) is 0 Å². The van der Waals surface area contributed by atoms with E-state index in [9.17, 15) is 9.18 Å². The van der Waals surface area contributed by atoms with Gasteiger partial charge in [-0.25, -0.2) is 14.2 Å². The fraction of sp³-hybridized carbons (Fsp3) is 0.474. The number of hydrogen-bond acceptors (Lipinski definition) is 2. The average molecular weight is 377 g/mol. The maximum absolute atomic E-state index is 13.3. The van der Waals surface area contributed by atoms with E-state index in [0.29, 0.717) is 18.1 Å². The molecule has 0 spiro atoms. The fourth-order valence-corrected chi connectivity index (χ4v) is 4.26. The Labute approximate surface area is 157 Å². The van der Waals surface area contributed by atoms with Crippen molar-refractivity contribution in [3.63, 3.8) is 0 Å². The SMILES string of the molecule is Cn1ccnc1C1CCN(C(=O)NCC2(c3ccc(F)cc3Cl)CC2)C1. The van der Waals surface area contributed by atoms with Crippen molar-refractivity contribution >= 4 is 17.6 Å². The van der Waals surface area contributed by atoms with Crippen molar-refractivity contribution in [2.24, 2.45) is 7.05 Å². The van der Waals surface area contributed by atoms with Gasteiger partial charge in [0.15, 0.2) is 0 Å². The third-order valence-electron chi connectivity index (χ3n) is 5.63. The van der Waals surface area contributed by atoms with Crippen molar-refractivity contribution in [3.8, 4) is 0 Å². The van der Waals surface area contributed by atoms with Gasteiger partial charge in [0.1, 0.15) is 11.6 Å². The summed E-state index contributed by atoms with van der Waals surface area (Å²) in [6, 6.07) is 4.47. The number of urea groups is 1. The number of nitrogens with zero attached hydrogens (tertiary/aromatic N) is 3. The molecule has 1 atom stereocenters. The molecule has 7 heteroatoms. The van der Waals surface area contributed by atoms with Crippen molar-refractivity contribution < 1.29 is 9.18 Å². The van der Waals surface area contributed by atoms with Gasteiger partial charge in [-0.3, -0.25) is 0 Å². The number of halogens is 2. The summed E-state index contributed by atoms with van der Waals surface area (Å²) in [6.45, 7) is 1.94. The first-order valence-electron chi connectivity index (χ1n) is 8.94. The van der Waals surface area contributed by atoms with E-state index in [1.54, 1.807) is 12.3 Å². The van der Waals surface area contributed by atoms with Crippen LogP contribution >= 0.6 is 11.6 Å². The average Bonchev–Trinajstić information content (AvgIpc) is 3.02. The molecule has 138 valence electrons. The highest BCUT2D eigenvalue weighted by Gasteiger charge is 2.46. The number of carbonyl (C=O) groups is 1. The first kappa shape index (κ1) is 17.3. The molecule has 2 heterocycles. The summed E-state index contributed by atoms with van der Waals surface area (Å²) in [5.74, 6) is 0.968. The van der Waals surface area contributed by atoms with Crippen molar-refractivity contribution in [1.29, 1.82) is 0 Å². The number of rotatable bonds is 4. The minimum atomic E-state index is -0.337. The van der Waals surface area contributed by atoms with Gasteiger partial charge in [-0.15, -0.1) is 0 Å². The monoisotopic (exact) mass is 376 g/mol. The number of amides is 2. The Kier molecular flexibility index (Phi) is 4.39. The summed E-state index contributed by atoms with van der Waals surface area (Å²) in [5, 5.41) is 3.49. The second-order valence-electron chi connectivity index (χ2n) is 7.39. The molecule has 1 aliphatic carbocycles. The Morgan fingerprint density at radius 3 is 2.92 bits per heavy atom. The molecule has 0 bridgehead atoms. The Morgan fingerprint density at radius 1 is 1.46 bits per heavy atom. The summed E-state index contributed by atoms with van der Waals surface area (Å²) < 4.78 is 15.3. The van der Waals surface area contributed by atoms with Crippen molar-refractivity contribution in [1.82, 2.24) is 19.8 Å². The summed E-state index contributed by atoms with van der Waals surface area (Å²) in [7, 11) is 1.98. The van der Waals surface area contributed by atoms with Gasteiger partial charge < -0.3 is 14.8 Å². The number of imidazole rings is 1. The third kappa shape index (κ3) is 3.18. The highest BCUT2D eigenvalue weighted by molar-refractivity contribution is 6.31. The zero-order chi connectivity index (χ0) is 18.3. The van der Waals surface area contributed by atoms with E-state index in [1.807, 2.05) is 22.7 Å². The predicted molar refractivity (Wildman–Crippen MR) is 97.9 cm³/mol. The molecule has 1 aromatic carbocycles. The van der Waals surface area contributed by atoms with Gasteiger partial charge in [0, 0.05) is 55.4 Å². The molecule has 0 radical (unpaired) electrons. The van der Waals surface area contributed by atoms with Crippen molar-refractivity contribution in [2.45, 2.75) is 30.6 Å². The number of carbonyl (C=O) groups excluding carboxylic acids is 1. The number of aromatic nitrogens is 2. The maximum atomic E-state index is 13.3. The molecule has 1 saturated carbocycles. The lowest BCUT2D eigenvalue weighted by Crippen LogP contribution is -2.41. The molecule has 2 aliphatic rings. The maximum Gasteiger partial charge on any atom is 0.317 e. The Bertz CT molecular complexity index is 833. The zero-order valence-electron chi connectivity index (χ0n) is 14.7. The molecular weight excluding hydrogens is 355 g/mol. The molecule has 5 nitrogen and oxygen atoms in total. The van der Waals surface area contributed by atoms with E-state index in [0.717, 1.165) is 37.2 Å². The molecule has 26 heavy (non-hydrogen) atoms. The van der Waals surface area contributed by atoms with Gasteiger partial charge in [0.05, 0.1) is 0 Å². The Morgan fingerprint density at radius 2 is 2.27 bits per heavy atom. The lowest BCUT2D eigenvalue weighted by Gasteiger charge is -2.22. The van der Waals surface area contributed by atoms with E-state index < -0.39 is 0 Å². The number of nitrogens with one attached hydrogen (secondary N) is 1. The van der Waals surface area contributed by atoms with Gasteiger partial charge in [0.2, 0.25) is 0 Å². The van der Waals surface area contributed by atoms with Crippen LogP contribution in [0.25, 0.3) is 0 Å². The standard InChI is InChI=1S/C19H22ClFN4O/c1-24-9-7-22-17(24)13-4-8-25(11-13)18(26)23-12-19(5-6-19)15-3-2-14(21)10-16(15)20/h2-3,7,9-10,13H,4-6,8,11-12H2,1H3,(H,23,26). The van der Waals surface area contributed by atoms with Gasteiger partial charge >= 0.3 is 6.03 Å². The minimum absolute atomic E-state index is 0.0498. The molecule has 4 rings (SSSR count). The van der Waals surface area contributed by atoms with E-state index in [1.165, 1.54) is 12.1 Å². The van der Waals surface area contributed by atoms with E-state index >= 15 is 0 Å². The molecule has 1 N–H and O–H groups in total. The lowest BCUT2D eigenvalue weighted by atomic mass is 9.96. The smallest absolute Gasteiger partial charge is 0.317 e. The zero-order valence-corrected chi connectivity index (χ0v) is 15.5. The van der Waals surface area contributed by atoms with Crippen LogP contribution in [0.5, 0.6) is 0 Å². The summed E-state index contributed by atoms with van der Waals surface area (Å²) >= 11 is 6.22. The number of likely N-dealkylation sites (tertiary alicyclic amines) is 1. The van der Waals surface area contributed by atoms with Crippen molar-refractivity contribution in [3.05, 3.63) is 52.8 Å². The molecule has 2 fully saturated rings. The van der Waals surface area contributed by atoms with Crippen LogP contribution in [0.4, 0.5) is 9.18 Å². The largest absolute Gasteiger partial charge is 0.338 e. The summed E-state index contributed by atoms with van der Waals surface area (Å²) in [6.07, 6.45) is 6.55. The molecular formula is C19H22ClFN4O. The molecule has 1 aromatic heterocycles. The van der Waals surface area contributed by atoms with Crippen LogP contribution in [0.2, 0.25) is 5.02 Å². The van der Waals surface area contributed by atoms with Gasteiger partial charge in [-0.1, -0.05) is 17.7 Å². The lowest BCUT2D eigenvalue weighted by molar-refractivity contribution is 0.207. The Hall–Kier alpha value is -2.08. The van der Waals surface area contributed by atoms with Crippen LogP contribution in [0.1, 0.15) is 36.6 Å². The van der Waals surface area contributed by atoms with Crippen LogP contribution in [0.15, 0.2) is 30.6 Å². The quantitative estimate of drug-likeness (QED) is 0.888. The molecule has 1 saturated heterocycles. The van der Waals surface area contributed by atoms with Crippen LogP contribution in [-0.4, -0.2) is 40.1 Å². The minimum Gasteiger partial charge on any atom is -0.338 e. The molecule has 2 aromatic rings. The first-order valence-corrected chi connectivity index (χ1v) is 9.32. The van der Waals surface area contributed by atoms with E-state index in [-0.39, 0.29) is 23.2 Å². The summed E-state index contributed by atoms with van der Waals surface area (Å²) in [5.41, 5.74) is 0.771. The van der Waals surface area contributed by atoms with Crippen LogP contribution in [-0.2, 0) is 12.5 Å². The van der Waals surface area contributed by atoms with Gasteiger partial charge in [-0.2, -0.15) is 0 Å². The highest BCUT2D eigenvalue weighted by atomic mass is 35.5. The molecule has 1 unspecified atom stereocenters. The normalized spacial score (nSPS) is 21.0.